The topological polar surface area (TPSA) is 61.3 Å². The van der Waals surface area contributed by atoms with E-state index in [1.54, 1.807) is 38.5 Å². The molecule has 2 aromatic carbocycles. The van der Waals surface area contributed by atoms with Gasteiger partial charge in [-0.2, -0.15) is 8.78 Å². The van der Waals surface area contributed by atoms with E-state index in [9.17, 15) is 13.6 Å². The van der Waals surface area contributed by atoms with Gasteiger partial charge in [-0.3, -0.25) is 4.79 Å². The molecular formula is C29H26F2N2O3. The number of hydrogen-bond donors (Lipinski definition) is 0. The van der Waals surface area contributed by atoms with Crippen LogP contribution in [0.5, 0.6) is 11.5 Å². The zero-order valence-electron chi connectivity index (χ0n) is 20.0. The van der Waals surface area contributed by atoms with Gasteiger partial charge in [-0.1, -0.05) is 36.4 Å². The Morgan fingerprint density at radius 3 is 1.53 bits per heavy atom. The summed E-state index contributed by atoms with van der Waals surface area (Å²) in [7, 11) is 3.09. The lowest BCUT2D eigenvalue weighted by Crippen LogP contribution is -2.25. The SMILES string of the molecule is COc1ccccc1C(Cc1ccnc(F)c1)C(=O)C(Cc1ccnc(F)c1)c1ccccc1OC. The van der Waals surface area contributed by atoms with Gasteiger partial charge < -0.3 is 9.47 Å². The molecule has 0 spiro atoms. The maximum absolute atomic E-state index is 14.4. The van der Waals surface area contributed by atoms with Gasteiger partial charge in [0.15, 0.2) is 0 Å². The molecule has 0 amide bonds. The van der Waals surface area contributed by atoms with Crippen molar-refractivity contribution in [3.63, 3.8) is 0 Å². The predicted molar refractivity (Wildman–Crippen MR) is 132 cm³/mol. The van der Waals surface area contributed by atoms with Gasteiger partial charge in [0, 0.05) is 23.5 Å². The molecule has 4 rings (SSSR count). The molecule has 0 saturated heterocycles. The van der Waals surface area contributed by atoms with Gasteiger partial charge in [0.05, 0.1) is 26.1 Å². The van der Waals surface area contributed by atoms with Crippen LogP contribution in [0.25, 0.3) is 0 Å². The molecule has 0 bridgehead atoms. The van der Waals surface area contributed by atoms with E-state index >= 15 is 0 Å². The van der Waals surface area contributed by atoms with Crippen molar-refractivity contribution in [1.29, 1.82) is 0 Å². The van der Waals surface area contributed by atoms with Crippen LogP contribution in [-0.4, -0.2) is 30.0 Å². The van der Waals surface area contributed by atoms with Crippen LogP contribution in [0.3, 0.4) is 0 Å². The average molecular weight is 489 g/mol. The van der Waals surface area contributed by atoms with Gasteiger partial charge in [-0.15, -0.1) is 0 Å². The molecule has 2 aromatic heterocycles. The molecule has 2 unspecified atom stereocenters. The van der Waals surface area contributed by atoms with Crippen LogP contribution in [-0.2, 0) is 17.6 Å². The Hall–Kier alpha value is -4.13. The van der Waals surface area contributed by atoms with Gasteiger partial charge in [-0.05, 0) is 60.4 Å². The minimum atomic E-state index is -0.676. The van der Waals surface area contributed by atoms with Crippen molar-refractivity contribution in [2.24, 2.45) is 0 Å². The summed E-state index contributed by atoms with van der Waals surface area (Å²) in [6.45, 7) is 0. The van der Waals surface area contributed by atoms with Crippen LogP contribution in [0.4, 0.5) is 8.78 Å². The second-order valence-electron chi connectivity index (χ2n) is 8.37. The van der Waals surface area contributed by atoms with Gasteiger partial charge >= 0.3 is 0 Å². The predicted octanol–water partition coefficient (Wildman–Crippen LogP) is 5.69. The van der Waals surface area contributed by atoms with Gasteiger partial charge in [0.2, 0.25) is 11.9 Å². The Kier molecular flexibility index (Phi) is 8.00. The molecule has 184 valence electrons. The smallest absolute Gasteiger partial charge is 0.213 e. The molecule has 4 aromatic rings. The summed E-state index contributed by atoms with van der Waals surface area (Å²) < 4.78 is 39.0. The number of ketones is 1. The molecule has 0 radical (unpaired) electrons. The number of nitrogens with zero attached hydrogens (tertiary/aromatic N) is 2. The first-order chi connectivity index (χ1) is 17.5. The Morgan fingerprint density at radius 2 is 1.14 bits per heavy atom. The van der Waals surface area contributed by atoms with Crippen molar-refractivity contribution >= 4 is 5.78 Å². The average Bonchev–Trinajstić information content (AvgIpc) is 2.90. The molecule has 0 aliphatic rings. The fourth-order valence-electron chi connectivity index (χ4n) is 4.49. The number of rotatable bonds is 10. The summed E-state index contributed by atoms with van der Waals surface area (Å²) in [5, 5.41) is 0. The molecule has 0 fully saturated rings. The van der Waals surface area contributed by atoms with Crippen LogP contribution in [0, 0.1) is 11.9 Å². The van der Waals surface area contributed by atoms with Crippen molar-refractivity contribution in [2.45, 2.75) is 24.7 Å². The first kappa shape index (κ1) is 25.0. The third-order valence-corrected chi connectivity index (χ3v) is 6.18. The summed E-state index contributed by atoms with van der Waals surface area (Å²) in [5.41, 5.74) is 2.62. The van der Waals surface area contributed by atoms with Crippen molar-refractivity contribution in [1.82, 2.24) is 9.97 Å². The number of para-hydroxylation sites is 2. The zero-order chi connectivity index (χ0) is 25.5. The number of carbonyl (C=O) groups excluding carboxylic acids is 1. The summed E-state index contributed by atoms with van der Waals surface area (Å²) in [6, 6.07) is 20.6. The fraction of sp³-hybridized carbons (Fsp3) is 0.207. The van der Waals surface area contributed by atoms with Crippen LogP contribution in [0.1, 0.15) is 34.1 Å². The first-order valence-corrected chi connectivity index (χ1v) is 11.5. The first-order valence-electron chi connectivity index (χ1n) is 11.5. The molecule has 2 heterocycles. The zero-order valence-corrected chi connectivity index (χ0v) is 20.0. The maximum atomic E-state index is 14.4. The summed E-state index contributed by atoms with van der Waals surface area (Å²) in [6.07, 6.45) is 3.22. The Bertz CT molecular complexity index is 1240. The van der Waals surface area contributed by atoms with Crippen molar-refractivity contribution in [3.8, 4) is 11.5 Å². The van der Waals surface area contributed by atoms with Crippen LogP contribution in [0.2, 0.25) is 0 Å². The van der Waals surface area contributed by atoms with E-state index in [2.05, 4.69) is 9.97 Å². The normalized spacial score (nSPS) is 12.6. The number of hydrogen-bond acceptors (Lipinski definition) is 5. The lowest BCUT2D eigenvalue weighted by molar-refractivity contribution is -0.122. The van der Waals surface area contributed by atoms with E-state index in [0.717, 1.165) is 0 Å². The summed E-state index contributed by atoms with van der Waals surface area (Å²) in [4.78, 5) is 21.7. The molecule has 2 atom stereocenters. The van der Waals surface area contributed by atoms with Gasteiger partial charge in [0.1, 0.15) is 17.3 Å². The number of ether oxygens (including phenoxy) is 2. The number of Topliss-reactive ketones (excluding diaryl/α,β-unsaturated/α-hetero) is 1. The minimum Gasteiger partial charge on any atom is -0.496 e. The standard InChI is InChI=1S/C29H26F2N2O3/c1-35-25-9-5-3-7-21(25)23(15-19-11-13-32-27(30)17-19)29(34)24(16-20-12-14-33-28(31)18-20)22-8-4-6-10-26(22)36-2/h3-14,17-18,23-24H,15-16H2,1-2H3. The molecule has 0 aliphatic carbocycles. The van der Waals surface area contributed by atoms with Crippen molar-refractivity contribution in [2.75, 3.05) is 14.2 Å². The molecule has 0 N–H and O–H groups in total. The highest BCUT2D eigenvalue weighted by Gasteiger charge is 2.33. The number of aromatic nitrogens is 2. The van der Waals surface area contributed by atoms with E-state index in [-0.39, 0.29) is 18.6 Å². The highest BCUT2D eigenvalue weighted by atomic mass is 19.1. The fourth-order valence-corrected chi connectivity index (χ4v) is 4.49. The van der Waals surface area contributed by atoms with E-state index in [0.29, 0.717) is 33.8 Å². The summed E-state index contributed by atoms with van der Waals surface area (Å²) in [5.74, 6) is -1.61. The minimum absolute atomic E-state index is 0.126. The number of methoxy groups -OCH3 is 2. The largest absolute Gasteiger partial charge is 0.496 e. The van der Waals surface area contributed by atoms with Crippen LogP contribution in [0.15, 0.2) is 85.2 Å². The van der Waals surface area contributed by atoms with Crippen LogP contribution < -0.4 is 9.47 Å². The Labute approximate surface area is 208 Å². The quantitative estimate of drug-likeness (QED) is 0.268. The lowest BCUT2D eigenvalue weighted by atomic mass is 9.77. The van der Waals surface area contributed by atoms with Gasteiger partial charge in [-0.25, -0.2) is 9.97 Å². The molecular weight excluding hydrogens is 462 g/mol. The number of halogens is 2. The van der Waals surface area contributed by atoms with E-state index in [1.807, 2.05) is 36.4 Å². The third kappa shape index (κ3) is 5.74. The molecule has 36 heavy (non-hydrogen) atoms. The second kappa shape index (κ2) is 11.5. The number of carbonyl (C=O) groups is 1. The Morgan fingerprint density at radius 1 is 0.722 bits per heavy atom. The van der Waals surface area contributed by atoms with Crippen LogP contribution >= 0.6 is 0 Å². The second-order valence-corrected chi connectivity index (χ2v) is 8.37. The highest BCUT2D eigenvalue weighted by molar-refractivity contribution is 5.93. The number of pyridine rings is 2. The van der Waals surface area contributed by atoms with Crippen molar-refractivity contribution in [3.05, 3.63) is 119 Å². The van der Waals surface area contributed by atoms with Gasteiger partial charge in [0.25, 0.3) is 0 Å². The van der Waals surface area contributed by atoms with E-state index in [1.165, 1.54) is 24.5 Å². The molecule has 0 aliphatic heterocycles. The van der Waals surface area contributed by atoms with E-state index in [4.69, 9.17) is 9.47 Å². The molecule has 0 saturated carbocycles. The maximum Gasteiger partial charge on any atom is 0.213 e. The summed E-state index contributed by atoms with van der Waals surface area (Å²) >= 11 is 0. The molecule has 5 nitrogen and oxygen atoms in total. The van der Waals surface area contributed by atoms with E-state index < -0.39 is 23.7 Å². The van der Waals surface area contributed by atoms with Crippen molar-refractivity contribution < 1.29 is 23.0 Å². The highest BCUT2D eigenvalue weighted by Crippen LogP contribution is 2.38. The lowest BCUT2D eigenvalue weighted by Gasteiger charge is -2.26. The third-order valence-electron chi connectivity index (χ3n) is 6.18. The number of benzene rings is 2. The Balaban J connectivity index is 1.83. The molecule has 7 heteroatoms. The monoisotopic (exact) mass is 488 g/mol.